The Morgan fingerprint density at radius 3 is 2.67 bits per heavy atom. The number of carbonyl (C=O) groups excluding carboxylic acids is 1. The topological polar surface area (TPSA) is 97.2 Å². The molecule has 1 aromatic carbocycles. The average Bonchev–Trinajstić information content (AvgIpc) is 3.50. The molecule has 2 fully saturated rings. The summed E-state index contributed by atoms with van der Waals surface area (Å²) in [5.74, 6) is 0.763. The molecule has 0 atom stereocenters. The van der Waals surface area contributed by atoms with E-state index in [4.69, 9.17) is 11.6 Å². The summed E-state index contributed by atoms with van der Waals surface area (Å²) >= 11 is 7.52. The van der Waals surface area contributed by atoms with E-state index in [0.717, 1.165) is 43.1 Å². The molecule has 2 heterocycles. The average molecular weight is 470 g/mol. The first-order valence-corrected chi connectivity index (χ1v) is 12.8. The molecule has 1 saturated heterocycles. The molecule has 0 radical (unpaired) electrons. The summed E-state index contributed by atoms with van der Waals surface area (Å²) in [4.78, 5) is 12.5. The third-order valence-electron chi connectivity index (χ3n) is 5.23. The minimum Gasteiger partial charge on any atom is -0.325 e. The van der Waals surface area contributed by atoms with Crippen LogP contribution in [-0.4, -0.2) is 52.2 Å². The van der Waals surface area contributed by atoms with Crippen molar-refractivity contribution in [2.45, 2.75) is 55.1 Å². The lowest BCUT2D eigenvalue weighted by Gasteiger charge is -2.26. The number of aromatic nitrogens is 3. The molecule has 1 amide bonds. The Labute approximate surface area is 185 Å². The maximum absolute atomic E-state index is 13.0. The summed E-state index contributed by atoms with van der Waals surface area (Å²) in [5.41, 5.74) is 0.403. The zero-order valence-corrected chi connectivity index (χ0v) is 19.1. The molecule has 1 aliphatic heterocycles. The first-order valence-electron chi connectivity index (χ1n) is 10.00. The lowest BCUT2D eigenvalue weighted by Crippen LogP contribution is -2.35. The molecule has 0 spiro atoms. The highest BCUT2D eigenvalue weighted by molar-refractivity contribution is 7.99. The third kappa shape index (κ3) is 4.66. The molecule has 2 aromatic rings. The van der Waals surface area contributed by atoms with E-state index in [1.165, 1.54) is 28.2 Å². The Hall–Kier alpha value is -1.62. The number of hydrogen-bond acceptors (Lipinski definition) is 6. The van der Waals surface area contributed by atoms with E-state index in [2.05, 4.69) is 20.1 Å². The maximum Gasteiger partial charge on any atom is 0.244 e. The van der Waals surface area contributed by atoms with E-state index >= 15 is 0 Å². The van der Waals surface area contributed by atoms with Crippen LogP contribution in [0.2, 0.25) is 5.02 Å². The first kappa shape index (κ1) is 21.6. The van der Waals surface area contributed by atoms with Crippen LogP contribution in [0.25, 0.3) is 0 Å². The highest BCUT2D eigenvalue weighted by Gasteiger charge is 2.29. The number of sulfonamides is 1. The Morgan fingerprint density at radius 2 is 1.97 bits per heavy atom. The molecular formula is C19H24ClN5O3S2. The van der Waals surface area contributed by atoms with Crippen LogP contribution in [0.1, 0.15) is 44.0 Å². The van der Waals surface area contributed by atoms with E-state index in [9.17, 15) is 13.2 Å². The molecule has 8 nitrogen and oxygen atoms in total. The SMILES string of the molecule is Cc1nnc(SCC(=O)Nc2ccc(Cl)c(S(=O)(=O)N3CCCCC3)c2)n1C1CC1. The quantitative estimate of drug-likeness (QED) is 0.623. The van der Waals surface area contributed by atoms with Crippen LogP contribution in [0.4, 0.5) is 5.69 Å². The van der Waals surface area contributed by atoms with Crippen molar-refractivity contribution in [2.75, 3.05) is 24.2 Å². The monoisotopic (exact) mass is 469 g/mol. The van der Waals surface area contributed by atoms with E-state index < -0.39 is 10.0 Å². The highest BCUT2D eigenvalue weighted by Crippen LogP contribution is 2.38. The fraction of sp³-hybridized carbons (Fsp3) is 0.526. The van der Waals surface area contributed by atoms with Crippen LogP contribution < -0.4 is 5.32 Å². The molecule has 0 unspecified atom stereocenters. The van der Waals surface area contributed by atoms with Gasteiger partial charge < -0.3 is 9.88 Å². The van der Waals surface area contributed by atoms with Gasteiger partial charge in [-0.2, -0.15) is 4.31 Å². The summed E-state index contributed by atoms with van der Waals surface area (Å²) in [6.45, 7) is 2.90. The number of nitrogens with one attached hydrogen (secondary N) is 1. The number of halogens is 1. The van der Waals surface area contributed by atoms with Crippen LogP contribution in [0, 0.1) is 6.92 Å². The predicted molar refractivity (Wildman–Crippen MR) is 116 cm³/mol. The number of piperidine rings is 1. The first-order chi connectivity index (χ1) is 14.4. The van der Waals surface area contributed by atoms with Gasteiger partial charge in [-0.3, -0.25) is 4.79 Å². The van der Waals surface area contributed by atoms with Gasteiger partial charge in [-0.15, -0.1) is 10.2 Å². The number of amides is 1. The molecule has 11 heteroatoms. The number of carbonyl (C=O) groups is 1. The van der Waals surface area contributed by atoms with Gasteiger partial charge in [0.1, 0.15) is 10.7 Å². The zero-order chi connectivity index (χ0) is 21.3. The smallest absolute Gasteiger partial charge is 0.244 e. The lowest BCUT2D eigenvalue weighted by molar-refractivity contribution is -0.113. The van der Waals surface area contributed by atoms with Crippen molar-refractivity contribution < 1.29 is 13.2 Å². The number of aryl methyl sites for hydroxylation is 1. The molecule has 2 aliphatic rings. The highest BCUT2D eigenvalue weighted by atomic mass is 35.5. The molecule has 30 heavy (non-hydrogen) atoms. The van der Waals surface area contributed by atoms with Gasteiger partial charge in [0, 0.05) is 24.8 Å². The molecule has 162 valence electrons. The molecule has 1 N–H and O–H groups in total. The van der Waals surface area contributed by atoms with Crippen molar-refractivity contribution in [1.29, 1.82) is 0 Å². The molecule has 1 saturated carbocycles. The van der Waals surface area contributed by atoms with E-state index in [-0.39, 0.29) is 21.6 Å². The molecule has 1 aliphatic carbocycles. The fourth-order valence-electron chi connectivity index (χ4n) is 3.55. The van der Waals surface area contributed by atoms with Crippen LogP contribution in [0.3, 0.4) is 0 Å². The second-order valence-electron chi connectivity index (χ2n) is 7.58. The third-order valence-corrected chi connectivity index (χ3v) is 8.55. The van der Waals surface area contributed by atoms with Gasteiger partial charge >= 0.3 is 0 Å². The number of nitrogens with zero attached hydrogens (tertiary/aromatic N) is 4. The van der Waals surface area contributed by atoms with Gasteiger partial charge in [-0.25, -0.2) is 8.42 Å². The van der Waals surface area contributed by atoms with Gasteiger partial charge in [0.05, 0.1) is 10.8 Å². The van der Waals surface area contributed by atoms with Crippen molar-refractivity contribution in [3.63, 3.8) is 0 Å². The van der Waals surface area contributed by atoms with Crippen molar-refractivity contribution in [2.24, 2.45) is 0 Å². The zero-order valence-electron chi connectivity index (χ0n) is 16.7. The van der Waals surface area contributed by atoms with Crippen molar-refractivity contribution in [3.8, 4) is 0 Å². The van der Waals surface area contributed by atoms with E-state index in [0.29, 0.717) is 24.8 Å². The lowest BCUT2D eigenvalue weighted by atomic mass is 10.2. The number of hydrogen-bond donors (Lipinski definition) is 1. The number of anilines is 1. The van der Waals surface area contributed by atoms with E-state index in [1.807, 2.05) is 6.92 Å². The summed E-state index contributed by atoms with van der Waals surface area (Å²) in [6.07, 6.45) is 4.93. The Kier molecular flexibility index (Phi) is 6.38. The van der Waals surface area contributed by atoms with Gasteiger partial charge in [0.25, 0.3) is 0 Å². The number of thioether (sulfide) groups is 1. The molecule has 1 aromatic heterocycles. The van der Waals surface area contributed by atoms with E-state index in [1.54, 1.807) is 6.07 Å². The Balaban J connectivity index is 1.43. The standard InChI is InChI=1S/C19H24ClN5O3S2/c1-13-22-23-19(25(13)15-6-7-15)29-12-18(26)21-14-5-8-16(20)17(11-14)30(27,28)24-9-3-2-4-10-24/h5,8,11,15H,2-4,6-7,9-10,12H2,1H3,(H,21,26). The second-order valence-corrected chi connectivity index (χ2v) is 10.8. The molecule has 0 bridgehead atoms. The summed E-state index contributed by atoms with van der Waals surface area (Å²) in [6, 6.07) is 4.99. The second kappa shape index (κ2) is 8.86. The van der Waals surface area contributed by atoms with Gasteiger partial charge in [0.15, 0.2) is 5.16 Å². The number of benzene rings is 1. The molecular weight excluding hydrogens is 446 g/mol. The van der Waals surface area contributed by atoms with Gasteiger partial charge in [-0.05, 0) is 50.8 Å². The Bertz CT molecular complexity index is 1050. The van der Waals surface area contributed by atoms with Crippen LogP contribution in [-0.2, 0) is 14.8 Å². The fourth-order valence-corrected chi connectivity index (χ4v) is 6.42. The van der Waals surface area contributed by atoms with Crippen molar-refractivity contribution >= 4 is 45.0 Å². The Morgan fingerprint density at radius 1 is 1.23 bits per heavy atom. The van der Waals surface area contributed by atoms with Crippen LogP contribution in [0.15, 0.2) is 28.3 Å². The van der Waals surface area contributed by atoms with Crippen molar-refractivity contribution in [1.82, 2.24) is 19.1 Å². The summed E-state index contributed by atoms with van der Waals surface area (Å²) < 4.78 is 29.5. The maximum atomic E-state index is 13.0. The normalized spacial score (nSPS) is 17.8. The summed E-state index contributed by atoms with van der Waals surface area (Å²) in [5, 5.41) is 11.9. The largest absolute Gasteiger partial charge is 0.325 e. The molecule has 4 rings (SSSR count). The minimum atomic E-state index is -3.69. The minimum absolute atomic E-state index is 0.0284. The van der Waals surface area contributed by atoms with Gasteiger partial charge in [-0.1, -0.05) is 29.8 Å². The predicted octanol–water partition coefficient (Wildman–Crippen LogP) is 3.48. The summed E-state index contributed by atoms with van der Waals surface area (Å²) in [7, 11) is -3.69. The van der Waals surface area contributed by atoms with Gasteiger partial charge in [0.2, 0.25) is 15.9 Å². The van der Waals surface area contributed by atoms with Crippen molar-refractivity contribution in [3.05, 3.63) is 29.0 Å². The number of rotatable bonds is 7. The van der Waals surface area contributed by atoms with Crippen LogP contribution >= 0.6 is 23.4 Å². The van der Waals surface area contributed by atoms with Crippen LogP contribution in [0.5, 0.6) is 0 Å².